The van der Waals surface area contributed by atoms with Crippen molar-refractivity contribution in [2.75, 3.05) is 13.2 Å². The number of nitrogens with one attached hydrogen (secondary N) is 1. The van der Waals surface area contributed by atoms with Crippen LogP contribution in [0.2, 0.25) is 0 Å². The summed E-state index contributed by atoms with van der Waals surface area (Å²) in [6.07, 6.45) is 5.68. The van der Waals surface area contributed by atoms with E-state index in [-0.39, 0.29) is 5.84 Å². The number of nitrogens with zero attached hydrogens (tertiary/aromatic N) is 1. The molecule has 0 fully saturated rings. The molecule has 106 valence electrons. The molecule has 0 saturated carbocycles. The number of nitrogens with two attached hydrogens (primary N) is 1. The highest BCUT2D eigenvalue weighted by atomic mass is 16.5. The average Bonchev–Trinajstić information content (AvgIpc) is 2.40. The van der Waals surface area contributed by atoms with Gasteiger partial charge >= 0.3 is 0 Å². The molecule has 0 aliphatic carbocycles. The normalized spacial score (nSPS) is 10.2. The average molecular weight is 265 g/mol. The van der Waals surface area contributed by atoms with Gasteiger partial charge in [0.2, 0.25) is 0 Å². The summed E-state index contributed by atoms with van der Waals surface area (Å²) >= 11 is 0. The van der Waals surface area contributed by atoms with E-state index < -0.39 is 0 Å². The van der Waals surface area contributed by atoms with E-state index >= 15 is 0 Å². The molecule has 0 amide bonds. The van der Waals surface area contributed by atoms with Gasteiger partial charge in [-0.3, -0.25) is 5.41 Å². The van der Waals surface area contributed by atoms with Crippen LogP contribution in [-0.4, -0.2) is 24.0 Å². The van der Waals surface area contributed by atoms with Gasteiger partial charge < -0.3 is 15.2 Å². The first-order valence-electron chi connectivity index (χ1n) is 6.79. The lowest BCUT2D eigenvalue weighted by atomic mass is 10.3. The third-order valence-corrected chi connectivity index (χ3v) is 2.62. The number of hydrogen-bond donors (Lipinski definition) is 2. The van der Waals surface area contributed by atoms with Crippen LogP contribution in [0.5, 0.6) is 11.5 Å². The molecule has 0 saturated heterocycles. The largest absolute Gasteiger partial charge is 0.490 e. The lowest BCUT2D eigenvalue weighted by Crippen LogP contribution is -2.14. The van der Waals surface area contributed by atoms with E-state index in [1.165, 1.54) is 0 Å². The third-order valence-electron chi connectivity index (χ3n) is 2.62. The van der Waals surface area contributed by atoms with Gasteiger partial charge in [0, 0.05) is 6.07 Å². The van der Waals surface area contributed by atoms with Crippen molar-refractivity contribution in [3.63, 3.8) is 0 Å². The van der Waals surface area contributed by atoms with Crippen LogP contribution in [0.1, 0.15) is 45.2 Å². The Hall–Kier alpha value is -1.78. The van der Waals surface area contributed by atoms with Crippen LogP contribution < -0.4 is 15.2 Å². The Balaban J connectivity index is 2.78. The van der Waals surface area contributed by atoms with Gasteiger partial charge in [0.1, 0.15) is 11.5 Å². The Bertz CT molecular complexity index is 408. The lowest BCUT2D eigenvalue weighted by molar-refractivity contribution is 0.261. The summed E-state index contributed by atoms with van der Waals surface area (Å²) in [6, 6.07) is 1.67. The fourth-order valence-electron chi connectivity index (χ4n) is 1.45. The molecule has 0 bridgehead atoms. The van der Waals surface area contributed by atoms with E-state index in [9.17, 15) is 0 Å². The van der Waals surface area contributed by atoms with E-state index in [1.54, 1.807) is 12.3 Å². The molecule has 5 heteroatoms. The predicted octanol–water partition coefficient (Wildman–Crippen LogP) is 2.72. The summed E-state index contributed by atoms with van der Waals surface area (Å²) in [7, 11) is 0. The summed E-state index contributed by atoms with van der Waals surface area (Å²) in [5.74, 6) is 1.17. The zero-order valence-electron chi connectivity index (χ0n) is 11.7. The van der Waals surface area contributed by atoms with Crippen LogP contribution in [0, 0.1) is 5.41 Å². The van der Waals surface area contributed by atoms with E-state index in [2.05, 4.69) is 18.8 Å². The molecule has 1 heterocycles. The SMILES string of the molecule is CCCCOc1cnc(C(=N)N)cc1OCCCC. The summed E-state index contributed by atoms with van der Waals surface area (Å²) in [5, 5.41) is 7.40. The molecule has 1 rings (SSSR count). The Morgan fingerprint density at radius 1 is 1.16 bits per heavy atom. The maximum Gasteiger partial charge on any atom is 0.179 e. The second-order valence-electron chi connectivity index (χ2n) is 4.33. The van der Waals surface area contributed by atoms with Crippen LogP contribution in [0.15, 0.2) is 12.3 Å². The van der Waals surface area contributed by atoms with E-state index in [1.807, 2.05) is 0 Å². The van der Waals surface area contributed by atoms with Crippen LogP contribution in [0.4, 0.5) is 0 Å². The predicted molar refractivity (Wildman–Crippen MR) is 76.1 cm³/mol. The minimum absolute atomic E-state index is 0.0690. The van der Waals surface area contributed by atoms with Crippen molar-refractivity contribution in [3.8, 4) is 11.5 Å². The molecule has 0 unspecified atom stereocenters. The molecule has 3 N–H and O–H groups in total. The van der Waals surface area contributed by atoms with E-state index in [0.29, 0.717) is 30.4 Å². The zero-order valence-corrected chi connectivity index (χ0v) is 11.7. The summed E-state index contributed by atoms with van der Waals surface area (Å²) < 4.78 is 11.3. The highest BCUT2D eigenvalue weighted by Crippen LogP contribution is 2.27. The maximum absolute atomic E-state index is 7.40. The lowest BCUT2D eigenvalue weighted by Gasteiger charge is -2.13. The number of hydrogen-bond acceptors (Lipinski definition) is 4. The Morgan fingerprint density at radius 2 is 1.74 bits per heavy atom. The minimum Gasteiger partial charge on any atom is -0.490 e. The van der Waals surface area contributed by atoms with E-state index in [4.69, 9.17) is 20.6 Å². The van der Waals surface area contributed by atoms with Crippen molar-refractivity contribution in [1.29, 1.82) is 5.41 Å². The second kappa shape index (κ2) is 8.34. The molecule has 19 heavy (non-hydrogen) atoms. The number of pyridine rings is 1. The van der Waals surface area contributed by atoms with Crippen LogP contribution >= 0.6 is 0 Å². The van der Waals surface area contributed by atoms with Crippen molar-refractivity contribution in [3.05, 3.63) is 18.0 Å². The first kappa shape index (κ1) is 15.3. The molecule has 0 atom stereocenters. The van der Waals surface area contributed by atoms with Gasteiger partial charge in [-0.2, -0.15) is 0 Å². The summed E-state index contributed by atoms with van der Waals surface area (Å²) in [5.41, 5.74) is 5.85. The highest BCUT2D eigenvalue weighted by molar-refractivity contribution is 5.93. The maximum atomic E-state index is 7.40. The van der Waals surface area contributed by atoms with Gasteiger partial charge in [0.15, 0.2) is 11.5 Å². The molecule has 0 spiro atoms. The molecule has 0 aromatic carbocycles. The quantitative estimate of drug-likeness (QED) is 0.408. The van der Waals surface area contributed by atoms with Gasteiger partial charge in [0.05, 0.1) is 19.4 Å². The standard InChI is InChI=1S/C14H23N3O2/c1-3-5-7-18-12-9-11(14(15)16)17-10-13(12)19-8-6-4-2/h9-10H,3-8H2,1-2H3,(H3,15,16). The number of rotatable bonds is 9. The van der Waals surface area contributed by atoms with Crippen molar-refractivity contribution in [2.24, 2.45) is 5.73 Å². The smallest absolute Gasteiger partial charge is 0.179 e. The number of nitrogen functional groups attached to an aromatic ring is 1. The summed E-state index contributed by atoms with van der Waals surface area (Å²) in [4.78, 5) is 4.09. The molecule has 0 aliphatic heterocycles. The molecule has 5 nitrogen and oxygen atoms in total. The van der Waals surface area contributed by atoms with Crippen LogP contribution in [0.3, 0.4) is 0 Å². The molecule has 0 aliphatic rings. The minimum atomic E-state index is -0.0690. The summed E-state index contributed by atoms with van der Waals surface area (Å²) in [6.45, 7) is 5.48. The van der Waals surface area contributed by atoms with Crippen molar-refractivity contribution >= 4 is 5.84 Å². The van der Waals surface area contributed by atoms with Gasteiger partial charge in [-0.15, -0.1) is 0 Å². The van der Waals surface area contributed by atoms with Crippen molar-refractivity contribution in [1.82, 2.24) is 4.98 Å². The topological polar surface area (TPSA) is 81.2 Å². The molecule has 1 aromatic heterocycles. The molecular formula is C14H23N3O2. The molecule has 1 aromatic rings. The Kier molecular flexibility index (Phi) is 6.71. The number of unbranched alkanes of at least 4 members (excludes halogenated alkanes) is 2. The van der Waals surface area contributed by atoms with E-state index in [0.717, 1.165) is 25.7 Å². The van der Waals surface area contributed by atoms with Crippen LogP contribution in [0.25, 0.3) is 0 Å². The first-order chi connectivity index (χ1) is 9.19. The molecular weight excluding hydrogens is 242 g/mol. The highest BCUT2D eigenvalue weighted by Gasteiger charge is 2.09. The van der Waals surface area contributed by atoms with Crippen molar-refractivity contribution in [2.45, 2.75) is 39.5 Å². The molecule has 0 radical (unpaired) electrons. The zero-order chi connectivity index (χ0) is 14.1. The first-order valence-corrected chi connectivity index (χ1v) is 6.79. The number of ether oxygens (including phenoxy) is 2. The Morgan fingerprint density at radius 3 is 2.26 bits per heavy atom. The monoisotopic (exact) mass is 265 g/mol. The second-order valence-corrected chi connectivity index (χ2v) is 4.33. The Labute approximate surface area is 114 Å². The number of aromatic nitrogens is 1. The van der Waals surface area contributed by atoms with Crippen LogP contribution in [-0.2, 0) is 0 Å². The number of amidine groups is 1. The van der Waals surface area contributed by atoms with Gasteiger partial charge in [-0.1, -0.05) is 26.7 Å². The third kappa shape index (κ3) is 5.16. The van der Waals surface area contributed by atoms with Crippen molar-refractivity contribution < 1.29 is 9.47 Å². The van der Waals surface area contributed by atoms with Gasteiger partial charge in [-0.05, 0) is 12.8 Å². The fraction of sp³-hybridized carbons (Fsp3) is 0.571. The van der Waals surface area contributed by atoms with Gasteiger partial charge in [0.25, 0.3) is 0 Å². The van der Waals surface area contributed by atoms with Gasteiger partial charge in [-0.25, -0.2) is 4.98 Å². The fourth-order valence-corrected chi connectivity index (χ4v) is 1.45.